The van der Waals surface area contributed by atoms with Crippen LogP contribution < -0.4 is 15.4 Å². The molecule has 3 rings (SSSR count). The van der Waals surface area contributed by atoms with E-state index in [9.17, 15) is 9.59 Å². The van der Waals surface area contributed by atoms with Gasteiger partial charge in [0.2, 0.25) is 0 Å². The van der Waals surface area contributed by atoms with Gasteiger partial charge >= 0.3 is 5.97 Å². The second kappa shape index (κ2) is 12.8. The van der Waals surface area contributed by atoms with E-state index in [1.165, 1.54) is 0 Å². The van der Waals surface area contributed by atoms with Crippen LogP contribution in [0.2, 0.25) is 0 Å². The number of carbonyl (C=O) groups excluding carboxylic acids is 1. The quantitative estimate of drug-likeness (QED) is 0.301. The van der Waals surface area contributed by atoms with Crippen LogP contribution in [0.1, 0.15) is 68.2 Å². The molecule has 1 aromatic heterocycles. The van der Waals surface area contributed by atoms with Crippen LogP contribution in [-0.2, 0) is 11.2 Å². The fraction of sp³-hybridized carbons (Fsp3) is 0.393. The number of benzene rings is 2. The maximum absolute atomic E-state index is 12.3. The first-order chi connectivity index (χ1) is 17.3. The SMILES string of the molecule is CCOc1cccc(-n2cc(C(CC(C)C)Nc3ccc(C(=O)NCCC(=O)O)cc3)c(CC)n2)c1. The predicted molar refractivity (Wildman–Crippen MR) is 141 cm³/mol. The van der Waals surface area contributed by atoms with E-state index >= 15 is 0 Å². The molecule has 0 spiro atoms. The van der Waals surface area contributed by atoms with Crippen molar-refractivity contribution >= 4 is 17.6 Å². The van der Waals surface area contributed by atoms with Crippen molar-refractivity contribution in [2.24, 2.45) is 5.92 Å². The molecule has 0 aliphatic carbocycles. The number of hydrogen-bond acceptors (Lipinski definition) is 5. The summed E-state index contributed by atoms with van der Waals surface area (Å²) in [4.78, 5) is 22.9. The van der Waals surface area contributed by atoms with E-state index in [2.05, 4.69) is 37.6 Å². The lowest BCUT2D eigenvalue weighted by atomic mass is 9.96. The Morgan fingerprint density at radius 1 is 1.11 bits per heavy atom. The minimum Gasteiger partial charge on any atom is -0.494 e. The lowest BCUT2D eigenvalue weighted by molar-refractivity contribution is -0.136. The normalized spacial score (nSPS) is 11.8. The molecule has 192 valence electrons. The monoisotopic (exact) mass is 492 g/mol. The molecule has 1 heterocycles. The summed E-state index contributed by atoms with van der Waals surface area (Å²) in [6, 6.07) is 15.2. The van der Waals surface area contributed by atoms with Gasteiger partial charge in [-0.15, -0.1) is 0 Å². The van der Waals surface area contributed by atoms with Gasteiger partial charge in [-0.3, -0.25) is 9.59 Å². The minimum absolute atomic E-state index is 0.0408. The molecule has 2 aromatic carbocycles. The zero-order valence-electron chi connectivity index (χ0n) is 21.5. The molecule has 0 radical (unpaired) electrons. The number of amides is 1. The topological polar surface area (TPSA) is 105 Å². The van der Waals surface area contributed by atoms with Crippen LogP contribution in [0, 0.1) is 5.92 Å². The van der Waals surface area contributed by atoms with E-state index in [0.717, 1.165) is 41.2 Å². The number of aromatic nitrogens is 2. The van der Waals surface area contributed by atoms with Gasteiger partial charge in [-0.25, -0.2) is 4.68 Å². The highest BCUT2D eigenvalue weighted by molar-refractivity contribution is 5.94. The van der Waals surface area contributed by atoms with Crippen LogP contribution in [0.5, 0.6) is 5.75 Å². The Morgan fingerprint density at radius 2 is 1.86 bits per heavy atom. The Morgan fingerprint density at radius 3 is 2.50 bits per heavy atom. The highest BCUT2D eigenvalue weighted by Crippen LogP contribution is 2.30. The van der Waals surface area contributed by atoms with Crippen LogP contribution >= 0.6 is 0 Å². The summed E-state index contributed by atoms with van der Waals surface area (Å²) in [6.07, 6.45) is 3.70. The van der Waals surface area contributed by atoms with Crippen LogP contribution in [0.3, 0.4) is 0 Å². The summed E-state index contributed by atoms with van der Waals surface area (Å²) in [5.74, 6) is 0.0401. The van der Waals surface area contributed by atoms with Gasteiger partial charge in [0.15, 0.2) is 0 Å². The molecule has 0 fully saturated rings. The van der Waals surface area contributed by atoms with E-state index in [-0.39, 0.29) is 24.9 Å². The minimum atomic E-state index is -0.942. The molecule has 3 aromatic rings. The predicted octanol–water partition coefficient (Wildman–Crippen LogP) is 5.24. The van der Waals surface area contributed by atoms with E-state index in [1.54, 1.807) is 12.1 Å². The number of carboxylic acid groups (broad SMARTS) is 1. The Balaban J connectivity index is 1.81. The standard InChI is InChI=1S/C28H36N4O4/c1-5-25-24(18-32(31-25)22-8-7-9-23(17-22)36-6-2)26(16-19(3)4)30-21-12-10-20(11-13-21)28(35)29-15-14-27(33)34/h7-13,17-19,26,30H,5-6,14-16H2,1-4H3,(H,29,35)(H,33,34). The largest absolute Gasteiger partial charge is 0.494 e. The summed E-state index contributed by atoms with van der Waals surface area (Å²) >= 11 is 0. The lowest BCUT2D eigenvalue weighted by Crippen LogP contribution is -2.25. The molecule has 1 amide bonds. The Bertz CT molecular complexity index is 1150. The molecular formula is C28H36N4O4. The second-order valence-electron chi connectivity index (χ2n) is 9.06. The first-order valence-corrected chi connectivity index (χ1v) is 12.5. The van der Waals surface area contributed by atoms with Gasteiger partial charge in [0.25, 0.3) is 5.91 Å². The fourth-order valence-electron chi connectivity index (χ4n) is 4.04. The molecule has 0 aliphatic heterocycles. The van der Waals surface area contributed by atoms with Crippen molar-refractivity contribution in [1.82, 2.24) is 15.1 Å². The van der Waals surface area contributed by atoms with Gasteiger partial charge in [0.1, 0.15) is 5.75 Å². The van der Waals surface area contributed by atoms with Gasteiger partial charge in [-0.1, -0.05) is 26.8 Å². The number of carboxylic acids is 1. The maximum Gasteiger partial charge on any atom is 0.305 e. The molecule has 1 unspecified atom stereocenters. The van der Waals surface area contributed by atoms with E-state index in [4.69, 9.17) is 14.9 Å². The number of aliphatic carboxylic acids is 1. The lowest BCUT2D eigenvalue weighted by Gasteiger charge is -2.22. The molecule has 0 saturated carbocycles. The summed E-state index contributed by atoms with van der Waals surface area (Å²) < 4.78 is 7.57. The highest BCUT2D eigenvalue weighted by atomic mass is 16.5. The molecule has 36 heavy (non-hydrogen) atoms. The van der Waals surface area contributed by atoms with Crippen molar-refractivity contribution < 1.29 is 19.4 Å². The number of carbonyl (C=O) groups is 2. The molecule has 1 atom stereocenters. The van der Waals surface area contributed by atoms with Gasteiger partial charge in [-0.05, 0) is 62.1 Å². The van der Waals surface area contributed by atoms with Crippen LogP contribution in [0.25, 0.3) is 5.69 Å². The molecule has 8 nitrogen and oxygen atoms in total. The number of nitrogens with one attached hydrogen (secondary N) is 2. The molecule has 0 bridgehead atoms. The molecular weight excluding hydrogens is 456 g/mol. The van der Waals surface area contributed by atoms with Crippen molar-refractivity contribution in [3.63, 3.8) is 0 Å². The Hall–Kier alpha value is -3.81. The van der Waals surface area contributed by atoms with E-state index in [1.807, 2.05) is 48.0 Å². The smallest absolute Gasteiger partial charge is 0.305 e. The number of anilines is 1. The van der Waals surface area contributed by atoms with Crippen LogP contribution in [0.15, 0.2) is 54.7 Å². The third-order valence-electron chi connectivity index (χ3n) is 5.75. The average molecular weight is 493 g/mol. The summed E-state index contributed by atoms with van der Waals surface area (Å²) in [6.45, 7) is 9.17. The zero-order chi connectivity index (χ0) is 26.1. The van der Waals surface area contributed by atoms with Gasteiger partial charge < -0.3 is 20.5 Å². The fourth-order valence-corrected chi connectivity index (χ4v) is 4.04. The van der Waals surface area contributed by atoms with Gasteiger partial charge in [-0.2, -0.15) is 5.10 Å². The van der Waals surface area contributed by atoms with Gasteiger partial charge in [0, 0.05) is 35.6 Å². The van der Waals surface area contributed by atoms with Crippen molar-refractivity contribution in [1.29, 1.82) is 0 Å². The van der Waals surface area contributed by atoms with Crippen molar-refractivity contribution in [2.45, 2.75) is 53.0 Å². The van der Waals surface area contributed by atoms with E-state index < -0.39 is 5.97 Å². The highest BCUT2D eigenvalue weighted by Gasteiger charge is 2.21. The van der Waals surface area contributed by atoms with Crippen molar-refractivity contribution in [3.8, 4) is 11.4 Å². The summed E-state index contributed by atoms with van der Waals surface area (Å²) in [7, 11) is 0. The number of ether oxygens (including phenoxy) is 1. The third-order valence-corrected chi connectivity index (χ3v) is 5.75. The van der Waals surface area contributed by atoms with Crippen LogP contribution in [-0.4, -0.2) is 39.9 Å². The second-order valence-corrected chi connectivity index (χ2v) is 9.06. The van der Waals surface area contributed by atoms with Crippen LogP contribution in [0.4, 0.5) is 5.69 Å². The summed E-state index contributed by atoms with van der Waals surface area (Å²) in [5, 5.41) is 19.9. The first kappa shape index (κ1) is 26.8. The number of hydrogen-bond donors (Lipinski definition) is 3. The first-order valence-electron chi connectivity index (χ1n) is 12.5. The van der Waals surface area contributed by atoms with Crippen molar-refractivity contribution in [3.05, 3.63) is 71.5 Å². The van der Waals surface area contributed by atoms with Gasteiger partial charge in [0.05, 0.1) is 30.5 Å². The summed E-state index contributed by atoms with van der Waals surface area (Å²) in [5.41, 5.74) is 4.51. The third kappa shape index (κ3) is 7.34. The average Bonchev–Trinajstić information content (AvgIpc) is 3.28. The Labute approximate surface area is 212 Å². The molecule has 0 aliphatic rings. The van der Waals surface area contributed by atoms with E-state index in [0.29, 0.717) is 18.1 Å². The molecule has 0 saturated heterocycles. The molecule has 3 N–H and O–H groups in total. The maximum atomic E-state index is 12.3. The number of nitrogens with zero attached hydrogens (tertiary/aromatic N) is 2. The Kier molecular flexibility index (Phi) is 9.50. The number of aryl methyl sites for hydroxylation is 1. The number of rotatable bonds is 13. The van der Waals surface area contributed by atoms with Crippen molar-refractivity contribution in [2.75, 3.05) is 18.5 Å². The zero-order valence-corrected chi connectivity index (χ0v) is 21.5. The molecule has 8 heteroatoms.